The van der Waals surface area contributed by atoms with E-state index in [9.17, 15) is 9.59 Å². The Labute approximate surface area is 209 Å². The summed E-state index contributed by atoms with van der Waals surface area (Å²) in [6.45, 7) is 14.6. The summed E-state index contributed by atoms with van der Waals surface area (Å²) in [5, 5.41) is 10.8. The number of rotatable bonds is 18. The number of hydrogen-bond donors (Lipinski definition) is 1. The summed E-state index contributed by atoms with van der Waals surface area (Å²) in [6.07, 6.45) is 14.5. The molecule has 200 valence electrons. The molecule has 0 aromatic heterocycles. The lowest BCUT2D eigenvalue weighted by molar-refractivity contribution is -0.300. The van der Waals surface area contributed by atoms with Crippen LogP contribution in [0.3, 0.4) is 0 Å². The predicted octanol–water partition coefficient (Wildman–Crippen LogP) is 7.30. The van der Waals surface area contributed by atoms with E-state index in [4.69, 9.17) is 14.7 Å². The van der Waals surface area contributed by atoms with Crippen molar-refractivity contribution in [3.8, 4) is 0 Å². The molecule has 0 radical (unpaired) electrons. The molecule has 0 aromatic carbocycles. The number of esters is 1. The van der Waals surface area contributed by atoms with Crippen LogP contribution in [0, 0.1) is 5.41 Å². The predicted molar refractivity (Wildman–Crippen MR) is 138 cm³/mol. The van der Waals surface area contributed by atoms with Crippen LogP contribution in [0.2, 0.25) is 0 Å². The van der Waals surface area contributed by atoms with Crippen LogP contribution in [-0.2, 0) is 19.2 Å². The molecule has 0 aromatic rings. The van der Waals surface area contributed by atoms with Crippen LogP contribution in [-0.4, -0.2) is 46.4 Å². The highest BCUT2D eigenvalue weighted by Crippen LogP contribution is 2.51. The van der Waals surface area contributed by atoms with Gasteiger partial charge in [0.15, 0.2) is 0 Å². The second kappa shape index (κ2) is 15.1. The highest BCUT2D eigenvalue weighted by Gasteiger charge is 2.59. The Balaban J connectivity index is 2.41. The first-order valence-corrected chi connectivity index (χ1v) is 13.8. The molecule has 1 fully saturated rings. The average Bonchev–Trinajstić information content (AvgIpc) is 2.75. The molecule has 1 heterocycles. The molecule has 1 aliphatic rings. The molecule has 0 saturated carbocycles. The van der Waals surface area contributed by atoms with Crippen molar-refractivity contribution in [2.24, 2.45) is 5.41 Å². The molecule has 0 aliphatic carbocycles. The fourth-order valence-electron chi connectivity index (χ4n) is 4.88. The first-order valence-electron chi connectivity index (χ1n) is 13.8. The zero-order valence-corrected chi connectivity index (χ0v) is 23.0. The number of carboxylic acid groups (broad SMARTS) is 1. The van der Waals surface area contributed by atoms with Gasteiger partial charge in [-0.1, -0.05) is 78.6 Å². The Morgan fingerprint density at radius 2 is 1.32 bits per heavy atom. The van der Waals surface area contributed by atoms with E-state index in [1.54, 1.807) is 0 Å². The highest BCUT2D eigenvalue weighted by atomic mass is 16.7. The molecule has 1 unspecified atom stereocenters. The van der Waals surface area contributed by atoms with Gasteiger partial charge in [-0.25, -0.2) is 0 Å². The normalized spacial score (nSPS) is 21.9. The van der Waals surface area contributed by atoms with Crippen LogP contribution >= 0.6 is 0 Å². The molecule has 34 heavy (non-hydrogen) atoms. The van der Waals surface area contributed by atoms with Gasteiger partial charge in [-0.15, -0.1) is 0 Å². The number of hydrogen-bond acceptors (Lipinski definition) is 5. The summed E-state index contributed by atoms with van der Waals surface area (Å²) >= 11 is 0. The smallest absolute Gasteiger partial charge is 0.306 e. The first kappa shape index (κ1) is 30.9. The van der Waals surface area contributed by atoms with Gasteiger partial charge in [-0.2, -0.15) is 5.06 Å². The lowest BCUT2D eigenvalue weighted by Crippen LogP contribution is -2.68. The lowest BCUT2D eigenvalue weighted by atomic mass is 9.60. The monoisotopic (exact) mass is 483 g/mol. The van der Waals surface area contributed by atoms with Gasteiger partial charge in [-0.05, 0) is 40.0 Å². The van der Waals surface area contributed by atoms with Gasteiger partial charge in [0.1, 0.15) is 5.60 Å². The van der Waals surface area contributed by atoms with Crippen LogP contribution in [0.15, 0.2) is 0 Å². The summed E-state index contributed by atoms with van der Waals surface area (Å²) in [5.41, 5.74) is -1.08. The number of carbonyl (C=O) groups excluding carboxylic acids is 1. The van der Waals surface area contributed by atoms with Gasteiger partial charge < -0.3 is 9.84 Å². The zero-order chi connectivity index (χ0) is 25.7. The Morgan fingerprint density at radius 1 is 0.794 bits per heavy atom. The number of nitrogens with zero attached hydrogens (tertiary/aromatic N) is 1. The summed E-state index contributed by atoms with van der Waals surface area (Å²) in [4.78, 5) is 29.5. The van der Waals surface area contributed by atoms with E-state index < -0.39 is 11.6 Å². The third kappa shape index (κ3) is 9.49. The third-order valence-electron chi connectivity index (χ3n) is 8.37. The molecule has 0 amide bonds. The molecule has 6 nitrogen and oxygen atoms in total. The highest BCUT2D eigenvalue weighted by molar-refractivity contribution is 5.70. The van der Waals surface area contributed by atoms with E-state index in [0.29, 0.717) is 6.42 Å². The van der Waals surface area contributed by atoms with Gasteiger partial charge in [0.2, 0.25) is 0 Å². The van der Waals surface area contributed by atoms with Crippen LogP contribution in [0.25, 0.3) is 0 Å². The van der Waals surface area contributed by atoms with Crippen molar-refractivity contribution in [3.05, 3.63) is 0 Å². The SMILES string of the molecule is CCCCCCCCON1CCC(C)(OC(=O)CCCCCCCCC(=O)O)C(C)(C)C1(C)C. The standard InChI is InChI=1S/C28H53NO5/c1-7-8-9-10-15-18-23-33-29-22-21-28(6,26(2,3)27(29,4)5)34-25(32)20-17-14-12-11-13-16-19-24(30)31/h7-23H2,1-6H3,(H,30,31). The topological polar surface area (TPSA) is 76.1 Å². The fraction of sp³-hybridized carbons (Fsp3) is 0.929. The van der Waals surface area contributed by atoms with Crippen molar-refractivity contribution < 1.29 is 24.3 Å². The summed E-state index contributed by atoms with van der Waals surface area (Å²) in [5.74, 6) is -0.837. The second-order valence-electron chi connectivity index (χ2n) is 11.4. The first-order chi connectivity index (χ1) is 16.0. The number of unbranched alkanes of at least 4 members (excludes halogenated alkanes) is 10. The molecule has 1 aliphatic heterocycles. The van der Waals surface area contributed by atoms with Crippen molar-refractivity contribution in [3.63, 3.8) is 0 Å². The van der Waals surface area contributed by atoms with E-state index in [2.05, 4.69) is 46.6 Å². The van der Waals surface area contributed by atoms with Crippen LogP contribution in [0.5, 0.6) is 0 Å². The van der Waals surface area contributed by atoms with Gasteiger partial charge in [0, 0.05) is 36.8 Å². The molecule has 1 saturated heterocycles. The number of ether oxygens (including phenoxy) is 1. The molecule has 6 heteroatoms. The molecule has 0 bridgehead atoms. The number of carboxylic acids is 1. The quantitative estimate of drug-likeness (QED) is 0.163. The minimum absolute atomic E-state index is 0.112. The Hall–Kier alpha value is -1.14. The van der Waals surface area contributed by atoms with E-state index in [1.165, 1.54) is 32.1 Å². The van der Waals surface area contributed by atoms with E-state index in [1.807, 2.05) is 0 Å². The Kier molecular flexibility index (Phi) is 13.7. The van der Waals surface area contributed by atoms with Crippen molar-refractivity contribution in [1.82, 2.24) is 5.06 Å². The number of piperidine rings is 1. The fourth-order valence-corrected chi connectivity index (χ4v) is 4.88. The Morgan fingerprint density at radius 3 is 1.91 bits per heavy atom. The molecule has 1 atom stereocenters. The number of aliphatic carboxylic acids is 1. The van der Waals surface area contributed by atoms with Gasteiger partial charge in [0.05, 0.1) is 6.61 Å². The molecule has 1 N–H and O–H groups in total. The van der Waals surface area contributed by atoms with Crippen molar-refractivity contribution >= 4 is 11.9 Å². The summed E-state index contributed by atoms with van der Waals surface area (Å²) in [6, 6.07) is 0. The summed E-state index contributed by atoms with van der Waals surface area (Å²) < 4.78 is 6.14. The van der Waals surface area contributed by atoms with E-state index in [-0.39, 0.29) is 23.3 Å². The van der Waals surface area contributed by atoms with Gasteiger partial charge in [-0.3, -0.25) is 14.4 Å². The lowest BCUT2D eigenvalue weighted by Gasteiger charge is -2.60. The van der Waals surface area contributed by atoms with E-state index in [0.717, 1.165) is 64.5 Å². The number of carbonyl (C=O) groups is 2. The minimum atomic E-state index is -0.724. The molecular weight excluding hydrogens is 430 g/mol. The second-order valence-corrected chi connectivity index (χ2v) is 11.4. The van der Waals surface area contributed by atoms with E-state index >= 15 is 0 Å². The maximum absolute atomic E-state index is 12.7. The number of hydroxylamine groups is 2. The minimum Gasteiger partial charge on any atom is -0.481 e. The third-order valence-corrected chi connectivity index (χ3v) is 8.37. The van der Waals surface area contributed by atoms with Crippen molar-refractivity contribution in [1.29, 1.82) is 0 Å². The van der Waals surface area contributed by atoms with Crippen molar-refractivity contribution in [2.45, 2.75) is 149 Å². The van der Waals surface area contributed by atoms with Crippen molar-refractivity contribution in [2.75, 3.05) is 13.2 Å². The van der Waals surface area contributed by atoms with Gasteiger partial charge in [0.25, 0.3) is 0 Å². The maximum Gasteiger partial charge on any atom is 0.306 e. The van der Waals surface area contributed by atoms with Gasteiger partial charge >= 0.3 is 11.9 Å². The molecule has 0 spiro atoms. The average molecular weight is 484 g/mol. The summed E-state index contributed by atoms with van der Waals surface area (Å²) in [7, 11) is 0. The maximum atomic E-state index is 12.7. The van der Waals surface area contributed by atoms with Crippen LogP contribution < -0.4 is 0 Å². The Bertz CT molecular complexity index is 604. The van der Waals surface area contributed by atoms with Crippen LogP contribution in [0.1, 0.15) is 138 Å². The zero-order valence-electron chi connectivity index (χ0n) is 23.0. The molecular formula is C28H53NO5. The van der Waals surface area contributed by atoms with Crippen LogP contribution in [0.4, 0.5) is 0 Å². The largest absolute Gasteiger partial charge is 0.481 e. The molecule has 1 rings (SSSR count).